The number of hydrogen-bond acceptors (Lipinski definition) is 4. The molecule has 1 aromatic carbocycles. The highest BCUT2D eigenvalue weighted by molar-refractivity contribution is 5.58. The number of rotatable bonds is 2. The molecule has 0 saturated heterocycles. The number of hydrogen-bond donors (Lipinski definition) is 1. The molecular formula is C15H20N2O2. The molecule has 19 heavy (non-hydrogen) atoms. The fourth-order valence-electron chi connectivity index (χ4n) is 2.48. The van der Waals surface area contributed by atoms with Gasteiger partial charge in [-0.2, -0.15) is 0 Å². The molecule has 2 aliphatic rings. The van der Waals surface area contributed by atoms with Crippen LogP contribution in [0.1, 0.15) is 18.9 Å². The largest absolute Gasteiger partial charge is 0.486 e. The van der Waals surface area contributed by atoms with Crippen molar-refractivity contribution in [2.75, 3.05) is 32.0 Å². The van der Waals surface area contributed by atoms with E-state index in [2.05, 4.69) is 17.9 Å². The summed E-state index contributed by atoms with van der Waals surface area (Å²) in [7, 11) is 0. The Morgan fingerprint density at radius 2 is 1.95 bits per heavy atom. The second kappa shape index (κ2) is 5.13. The Kier molecular flexibility index (Phi) is 3.34. The van der Waals surface area contributed by atoms with Gasteiger partial charge in [-0.1, -0.05) is 11.6 Å². The third-order valence-corrected chi connectivity index (χ3v) is 3.72. The Labute approximate surface area is 113 Å². The van der Waals surface area contributed by atoms with Gasteiger partial charge >= 0.3 is 0 Å². The second-order valence-electron chi connectivity index (χ2n) is 5.23. The van der Waals surface area contributed by atoms with Crippen molar-refractivity contribution < 1.29 is 9.47 Å². The minimum absolute atomic E-state index is 0.599. The number of nitrogens with two attached hydrogens (primary N) is 1. The van der Waals surface area contributed by atoms with Crippen LogP contribution in [0.25, 0.3) is 0 Å². The summed E-state index contributed by atoms with van der Waals surface area (Å²) in [6, 6.07) is 3.91. The van der Waals surface area contributed by atoms with Gasteiger partial charge in [-0.05, 0) is 25.0 Å². The van der Waals surface area contributed by atoms with Crippen LogP contribution >= 0.6 is 0 Å². The van der Waals surface area contributed by atoms with Gasteiger partial charge in [-0.3, -0.25) is 4.90 Å². The second-order valence-corrected chi connectivity index (χ2v) is 5.23. The first-order valence-corrected chi connectivity index (χ1v) is 6.78. The Morgan fingerprint density at radius 1 is 1.21 bits per heavy atom. The van der Waals surface area contributed by atoms with Gasteiger partial charge in [0.05, 0.1) is 0 Å². The smallest absolute Gasteiger partial charge is 0.163 e. The highest BCUT2D eigenvalue weighted by atomic mass is 16.6. The molecule has 2 aliphatic heterocycles. The van der Waals surface area contributed by atoms with Gasteiger partial charge in [0.15, 0.2) is 11.5 Å². The van der Waals surface area contributed by atoms with Gasteiger partial charge in [0.1, 0.15) is 13.2 Å². The van der Waals surface area contributed by atoms with Gasteiger partial charge < -0.3 is 15.2 Å². The number of ether oxygens (including phenoxy) is 2. The van der Waals surface area contributed by atoms with Crippen molar-refractivity contribution in [1.29, 1.82) is 0 Å². The summed E-state index contributed by atoms with van der Waals surface area (Å²) >= 11 is 0. The minimum atomic E-state index is 0.599. The van der Waals surface area contributed by atoms with Gasteiger partial charge in [0.25, 0.3) is 0 Å². The van der Waals surface area contributed by atoms with Crippen LogP contribution in [-0.2, 0) is 6.54 Å². The number of fused-ring (bicyclic) bond motifs is 1. The van der Waals surface area contributed by atoms with E-state index in [1.165, 1.54) is 5.57 Å². The lowest BCUT2D eigenvalue weighted by Crippen LogP contribution is -2.28. The Morgan fingerprint density at radius 3 is 2.63 bits per heavy atom. The number of nitrogen functional groups attached to an aromatic ring is 1. The maximum atomic E-state index is 6.11. The Balaban J connectivity index is 1.77. The summed E-state index contributed by atoms with van der Waals surface area (Å²) in [5.74, 6) is 1.58. The summed E-state index contributed by atoms with van der Waals surface area (Å²) in [5, 5.41) is 0. The molecule has 4 heteroatoms. The van der Waals surface area contributed by atoms with Gasteiger partial charge in [0.2, 0.25) is 0 Å². The predicted octanol–water partition coefficient (Wildman–Crippen LogP) is 2.19. The van der Waals surface area contributed by atoms with Crippen molar-refractivity contribution in [2.45, 2.75) is 19.9 Å². The molecule has 0 saturated carbocycles. The molecular weight excluding hydrogens is 240 g/mol. The molecule has 0 bridgehead atoms. The average Bonchev–Trinajstić information content (AvgIpc) is 2.42. The first-order chi connectivity index (χ1) is 9.22. The maximum Gasteiger partial charge on any atom is 0.163 e. The quantitative estimate of drug-likeness (QED) is 0.654. The van der Waals surface area contributed by atoms with Crippen LogP contribution in [0.2, 0.25) is 0 Å². The van der Waals surface area contributed by atoms with Crippen molar-refractivity contribution in [2.24, 2.45) is 0 Å². The lowest BCUT2D eigenvalue weighted by molar-refractivity contribution is 0.171. The molecule has 0 fully saturated rings. The van der Waals surface area contributed by atoms with E-state index in [-0.39, 0.29) is 0 Å². The van der Waals surface area contributed by atoms with Crippen molar-refractivity contribution in [3.8, 4) is 11.5 Å². The van der Waals surface area contributed by atoms with Crippen molar-refractivity contribution in [3.05, 3.63) is 29.3 Å². The molecule has 4 nitrogen and oxygen atoms in total. The van der Waals surface area contributed by atoms with E-state index in [9.17, 15) is 0 Å². The van der Waals surface area contributed by atoms with Crippen molar-refractivity contribution >= 4 is 5.69 Å². The number of anilines is 1. The zero-order chi connectivity index (χ0) is 13.2. The molecule has 0 spiro atoms. The third kappa shape index (κ3) is 2.68. The number of benzene rings is 1. The third-order valence-electron chi connectivity index (χ3n) is 3.72. The summed E-state index contributed by atoms with van der Waals surface area (Å²) in [6.45, 7) is 6.36. The molecule has 102 valence electrons. The van der Waals surface area contributed by atoms with E-state index >= 15 is 0 Å². The first kappa shape index (κ1) is 12.4. The van der Waals surface area contributed by atoms with Crippen molar-refractivity contribution in [1.82, 2.24) is 4.90 Å². The lowest BCUT2D eigenvalue weighted by atomic mass is 10.1. The van der Waals surface area contributed by atoms with E-state index in [4.69, 9.17) is 15.2 Å². The monoisotopic (exact) mass is 260 g/mol. The van der Waals surface area contributed by atoms with E-state index < -0.39 is 0 Å². The molecule has 0 atom stereocenters. The van der Waals surface area contributed by atoms with Crippen LogP contribution in [0.3, 0.4) is 0 Å². The van der Waals surface area contributed by atoms with Crippen LogP contribution in [-0.4, -0.2) is 31.2 Å². The molecule has 2 heterocycles. The summed E-state index contributed by atoms with van der Waals surface area (Å²) in [4.78, 5) is 2.40. The van der Waals surface area contributed by atoms with E-state index in [0.29, 0.717) is 13.2 Å². The predicted molar refractivity (Wildman–Crippen MR) is 75.5 cm³/mol. The molecule has 0 aromatic heterocycles. The van der Waals surface area contributed by atoms with Crippen molar-refractivity contribution in [3.63, 3.8) is 0 Å². The van der Waals surface area contributed by atoms with Crippen LogP contribution in [0.15, 0.2) is 23.8 Å². The molecule has 0 aliphatic carbocycles. The standard InChI is InChI=1S/C15H20N2O2/c1-11-2-4-17(5-3-11)10-12-8-14-15(9-13(12)16)19-7-6-18-14/h2,8-9H,3-7,10,16H2,1H3. The first-order valence-electron chi connectivity index (χ1n) is 6.78. The molecule has 1 aromatic rings. The Bertz CT molecular complexity index is 511. The summed E-state index contributed by atoms with van der Waals surface area (Å²) < 4.78 is 11.1. The lowest BCUT2D eigenvalue weighted by Gasteiger charge is -2.27. The fourth-order valence-corrected chi connectivity index (χ4v) is 2.48. The van der Waals surface area contributed by atoms with E-state index in [0.717, 1.165) is 48.8 Å². The minimum Gasteiger partial charge on any atom is -0.486 e. The molecule has 0 unspecified atom stereocenters. The van der Waals surface area contributed by atoms with E-state index in [1.807, 2.05) is 12.1 Å². The van der Waals surface area contributed by atoms with Crippen LogP contribution in [0.4, 0.5) is 5.69 Å². The topological polar surface area (TPSA) is 47.7 Å². The van der Waals surface area contributed by atoms with Gasteiger partial charge in [-0.15, -0.1) is 0 Å². The van der Waals surface area contributed by atoms with Crippen LogP contribution in [0.5, 0.6) is 11.5 Å². The Hall–Kier alpha value is -1.68. The highest BCUT2D eigenvalue weighted by Gasteiger charge is 2.17. The highest BCUT2D eigenvalue weighted by Crippen LogP contribution is 2.35. The van der Waals surface area contributed by atoms with Crippen LogP contribution in [0, 0.1) is 0 Å². The average molecular weight is 260 g/mol. The summed E-state index contributed by atoms with van der Waals surface area (Å²) in [5.41, 5.74) is 9.50. The van der Waals surface area contributed by atoms with E-state index in [1.54, 1.807) is 0 Å². The normalized spacial score (nSPS) is 19.1. The summed E-state index contributed by atoms with van der Waals surface area (Å²) in [6.07, 6.45) is 3.43. The number of nitrogens with zero attached hydrogens (tertiary/aromatic N) is 1. The SMILES string of the molecule is CC1=CCN(Cc2cc3c(cc2N)OCCO3)CC1. The molecule has 3 rings (SSSR count). The van der Waals surface area contributed by atoms with Crippen LogP contribution < -0.4 is 15.2 Å². The zero-order valence-electron chi connectivity index (χ0n) is 11.3. The zero-order valence-corrected chi connectivity index (χ0v) is 11.3. The maximum absolute atomic E-state index is 6.11. The van der Waals surface area contributed by atoms with Gasteiger partial charge in [-0.25, -0.2) is 0 Å². The van der Waals surface area contributed by atoms with Gasteiger partial charge in [0, 0.05) is 31.4 Å². The molecule has 0 radical (unpaired) electrons. The molecule has 2 N–H and O–H groups in total. The molecule has 0 amide bonds. The fraction of sp³-hybridized carbons (Fsp3) is 0.467.